The highest BCUT2D eigenvalue weighted by molar-refractivity contribution is 6.09. The van der Waals surface area contributed by atoms with Crippen molar-refractivity contribution in [1.82, 2.24) is 20.0 Å². The predicted molar refractivity (Wildman–Crippen MR) is 122 cm³/mol. The number of amides is 4. The van der Waals surface area contributed by atoms with Gasteiger partial charge in [0.15, 0.2) is 0 Å². The van der Waals surface area contributed by atoms with Crippen LogP contribution in [0.3, 0.4) is 0 Å². The maximum atomic E-state index is 13.3. The molecule has 10 heteroatoms. The molecular weight excluding hydrogens is 438 g/mol. The zero-order valence-corrected chi connectivity index (χ0v) is 18.6. The number of nitro benzene ring substituents is 1. The van der Waals surface area contributed by atoms with Crippen LogP contribution in [0.5, 0.6) is 0 Å². The number of nitrogens with one attached hydrogen (secondary N) is 1. The van der Waals surface area contributed by atoms with E-state index in [4.69, 9.17) is 0 Å². The van der Waals surface area contributed by atoms with Crippen molar-refractivity contribution in [2.24, 2.45) is 0 Å². The van der Waals surface area contributed by atoms with Crippen LogP contribution in [0.2, 0.25) is 0 Å². The average molecular weight is 463 g/mol. The highest BCUT2D eigenvalue weighted by Crippen LogP contribution is 2.41. The van der Waals surface area contributed by atoms with Crippen LogP contribution in [0, 0.1) is 10.1 Å². The number of nitro groups is 1. The molecule has 1 aliphatic carbocycles. The minimum absolute atomic E-state index is 0.0579. The van der Waals surface area contributed by atoms with Gasteiger partial charge in [0.1, 0.15) is 12.1 Å². The number of urea groups is 1. The van der Waals surface area contributed by atoms with Crippen LogP contribution < -0.4 is 5.32 Å². The lowest BCUT2D eigenvalue weighted by molar-refractivity contribution is -0.384. The summed E-state index contributed by atoms with van der Waals surface area (Å²) in [5.41, 5.74) is 1.70. The van der Waals surface area contributed by atoms with Gasteiger partial charge in [0.05, 0.1) is 4.92 Å². The highest BCUT2D eigenvalue weighted by atomic mass is 16.6. The molecule has 2 heterocycles. The van der Waals surface area contributed by atoms with Gasteiger partial charge in [-0.2, -0.15) is 0 Å². The van der Waals surface area contributed by atoms with E-state index in [2.05, 4.69) is 10.2 Å². The number of carbonyl (C=O) groups excluding carboxylic acids is 3. The molecule has 2 aromatic carbocycles. The van der Waals surface area contributed by atoms with Crippen LogP contribution in [-0.2, 0) is 28.1 Å². The van der Waals surface area contributed by atoms with E-state index in [-0.39, 0.29) is 24.0 Å². The van der Waals surface area contributed by atoms with E-state index in [0.717, 1.165) is 21.6 Å². The van der Waals surface area contributed by atoms with Gasteiger partial charge in [-0.1, -0.05) is 36.4 Å². The minimum Gasteiger partial charge on any atom is -0.339 e. The Balaban J connectivity index is 1.19. The van der Waals surface area contributed by atoms with E-state index >= 15 is 0 Å². The Morgan fingerprint density at radius 3 is 2.59 bits per heavy atom. The van der Waals surface area contributed by atoms with Crippen LogP contribution >= 0.6 is 0 Å². The van der Waals surface area contributed by atoms with E-state index in [0.29, 0.717) is 45.6 Å². The smallest absolute Gasteiger partial charge is 0.325 e. The van der Waals surface area contributed by atoms with Gasteiger partial charge < -0.3 is 10.2 Å². The molecule has 1 atom stereocenters. The molecule has 0 aromatic heterocycles. The molecule has 2 saturated heterocycles. The lowest BCUT2D eigenvalue weighted by Gasteiger charge is -2.35. The minimum atomic E-state index is -1.06. The summed E-state index contributed by atoms with van der Waals surface area (Å²) in [6, 6.07) is 13.6. The monoisotopic (exact) mass is 463 g/mol. The summed E-state index contributed by atoms with van der Waals surface area (Å²) in [6.07, 6.45) is 1.20. The maximum Gasteiger partial charge on any atom is 0.325 e. The number of fused-ring (bicyclic) bond motifs is 2. The number of hydrogen-bond acceptors (Lipinski definition) is 6. The molecule has 3 aliphatic rings. The number of rotatable bonds is 5. The maximum absolute atomic E-state index is 13.3. The fourth-order valence-corrected chi connectivity index (χ4v) is 5.15. The molecule has 2 aromatic rings. The largest absolute Gasteiger partial charge is 0.339 e. The van der Waals surface area contributed by atoms with Crippen LogP contribution in [0.25, 0.3) is 0 Å². The molecule has 0 radical (unpaired) electrons. The fourth-order valence-electron chi connectivity index (χ4n) is 5.15. The van der Waals surface area contributed by atoms with Gasteiger partial charge in [-0.05, 0) is 29.5 Å². The third-order valence-electron chi connectivity index (χ3n) is 6.97. The van der Waals surface area contributed by atoms with Gasteiger partial charge >= 0.3 is 6.03 Å². The first kappa shape index (κ1) is 22.0. The Labute approximate surface area is 196 Å². The summed E-state index contributed by atoms with van der Waals surface area (Å²) in [6.45, 7) is 2.41. The van der Waals surface area contributed by atoms with Crippen LogP contribution in [-0.4, -0.2) is 70.2 Å². The van der Waals surface area contributed by atoms with Crippen molar-refractivity contribution < 1.29 is 19.3 Å². The average Bonchev–Trinajstić information content (AvgIpc) is 3.32. The Morgan fingerprint density at radius 2 is 1.82 bits per heavy atom. The van der Waals surface area contributed by atoms with Gasteiger partial charge in [0.25, 0.3) is 11.6 Å². The molecule has 1 unspecified atom stereocenters. The topological polar surface area (TPSA) is 116 Å². The van der Waals surface area contributed by atoms with E-state index < -0.39 is 16.5 Å². The van der Waals surface area contributed by atoms with Gasteiger partial charge in [0.2, 0.25) is 5.91 Å². The molecule has 2 fully saturated rings. The van der Waals surface area contributed by atoms with Crippen molar-refractivity contribution in [1.29, 1.82) is 0 Å². The first-order valence-electron chi connectivity index (χ1n) is 11.3. The Hall–Kier alpha value is -3.79. The molecule has 4 amide bonds. The zero-order chi connectivity index (χ0) is 23.9. The number of carbonyl (C=O) groups is 3. The molecule has 1 spiro atoms. The van der Waals surface area contributed by atoms with Crippen molar-refractivity contribution in [3.63, 3.8) is 0 Å². The van der Waals surface area contributed by atoms with Gasteiger partial charge in [0, 0.05) is 44.9 Å². The number of aryl methyl sites for hydroxylation is 1. The molecular formula is C24H25N5O5. The standard InChI is InChI=1S/C24H25N5O5/c30-21(27-12-10-26(11-13-27)15-17-4-3-6-19(14-17)29(33)34)16-28-22(31)24(25-23(28)32)9-8-18-5-1-2-7-20(18)24/h1-7,14H,8-13,15-16H2,(H,25,32). The van der Waals surface area contributed by atoms with E-state index in [1.54, 1.807) is 17.0 Å². The summed E-state index contributed by atoms with van der Waals surface area (Å²) in [7, 11) is 0. The van der Waals surface area contributed by atoms with Crippen LogP contribution in [0.15, 0.2) is 48.5 Å². The molecule has 1 N–H and O–H groups in total. The lowest BCUT2D eigenvalue weighted by Crippen LogP contribution is -2.51. The highest BCUT2D eigenvalue weighted by Gasteiger charge is 2.55. The van der Waals surface area contributed by atoms with Crippen LogP contribution in [0.1, 0.15) is 23.1 Å². The summed E-state index contributed by atoms with van der Waals surface area (Å²) in [5.74, 6) is -0.623. The third-order valence-corrected chi connectivity index (χ3v) is 6.97. The van der Waals surface area contributed by atoms with Crippen molar-refractivity contribution >= 4 is 23.5 Å². The lowest BCUT2D eigenvalue weighted by atomic mass is 9.92. The first-order chi connectivity index (χ1) is 16.4. The molecule has 5 rings (SSSR count). The molecule has 0 bridgehead atoms. The third kappa shape index (κ3) is 3.79. The van der Waals surface area contributed by atoms with Crippen molar-refractivity contribution in [3.05, 3.63) is 75.3 Å². The van der Waals surface area contributed by atoms with Crippen LogP contribution in [0.4, 0.5) is 10.5 Å². The predicted octanol–water partition coefficient (Wildman–Crippen LogP) is 1.63. The van der Waals surface area contributed by atoms with Crippen molar-refractivity contribution in [2.75, 3.05) is 32.7 Å². The fraction of sp³-hybridized carbons (Fsp3) is 0.375. The molecule has 34 heavy (non-hydrogen) atoms. The SMILES string of the molecule is O=C(CN1C(=O)NC2(CCc3ccccc32)C1=O)N1CCN(Cc2cccc([N+](=O)[O-])c2)CC1. The quantitative estimate of drug-likeness (QED) is 0.409. The number of piperazine rings is 1. The number of nitrogens with zero attached hydrogens (tertiary/aromatic N) is 4. The number of imide groups is 1. The summed E-state index contributed by atoms with van der Waals surface area (Å²) >= 11 is 0. The van der Waals surface area contributed by atoms with Crippen molar-refractivity contribution in [2.45, 2.75) is 24.9 Å². The summed E-state index contributed by atoms with van der Waals surface area (Å²) < 4.78 is 0. The van der Waals surface area contributed by atoms with Gasteiger partial charge in [-0.15, -0.1) is 0 Å². The summed E-state index contributed by atoms with van der Waals surface area (Å²) in [5, 5.41) is 13.8. The normalized spacial score (nSPS) is 22.2. The molecule has 10 nitrogen and oxygen atoms in total. The molecule has 176 valence electrons. The van der Waals surface area contributed by atoms with Gasteiger partial charge in [-0.3, -0.25) is 29.5 Å². The van der Waals surface area contributed by atoms with Gasteiger partial charge in [-0.25, -0.2) is 4.79 Å². The second kappa shape index (κ2) is 8.53. The molecule has 0 saturated carbocycles. The summed E-state index contributed by atoms with van der Waals surface area (Å²) in [4.78, 5) is 54.3. The second-order valence-corrected chi connectivity index (χ2v) is 8.97. The zero-order valence-electron chi connectivity index (χ0n) is 18.6. The van der Waals surface area contributed by atoms with E-state index in [1.807, 2.05) is 30.3 Å². The Bertz CT molecular complexity index is 1180. The van der Waals surface area contributed by atoms with E-state index in [9.17, 15) is 24.5 Å². The number of hydrogen-bond donors (Lipinski definition) is 1. The Kier molecular flexibility index (Phi) is 5.52. The van der Waals surface area contributed by atoms with E-state index in [1.165, 1.54) is 6.07 Å². The second-order valence-electron chi connectivity index (χ2n) is 8.97. The number of non-ortho nitro benzene ring substituents is 1. The van der Waals surface area contributed by atoms with Crippen molar-refractivity contribution in [3.8, 4) is 0 Å². The molecule has 2 aliphatic heterocycles. The first-order valence-corrected chi connectivity index (χ1v) is 11.3. The Morgan fingerprint density at radius 1 is 1.06 bits per heavy atom. The number of benzene rings is 2.